The third-order valence-electron chi connectivity index (χ3n) is 5.79. The number of carbonyl (C=O) groups excluding carboxylic acids is 1. The van der Waals surface area contributed by atoms with Crippen molar-refractivity contribution in [2.75, 3.05) is 40.4 Å². The van der Waals surface area contributed by atoms with Crippen LogP contribution in [0.15, 0.2) is 24.3 Å². The number of nitrogens with zero attached hydrogens (tertiary/aromatic N) is 2. The molecule has 3 heterocycles. The Bertz CT molecular complexity index is 805. The van der Waals surface area contributed by atoms with E-state index < -0.39 is 0 Å². The van der Waals surface area contributed by atoms with Gasteiger partial charge < -0.3 is 19.7 Å². The highest BCUT2D eigenvalue weighted by Crippen LogP contribution is 2.32. The number of carbonyl (C=O) groups is 1. The summed E-state index contributed by atoms with van der Waals surface area (Å²) >= 11 is 0. The second-order valence-corrected chi connectivity index (χ2v) is 7.28. The SMILES string of the molecule is COc1ccc(-c2cc(C(=O)N3CC[C@@H]4CNC[C@@H]4CC3)[nH]n2)cc1OC. The highest BCUT2D eigenvalue weighted by atomic mass is 16.5. The van der Waals surface area contributed by atoms with Gasteiger partial charge in [-0.3, -0.25) is 9.89 Å². The molecule has 7 nitrogen and oxygen atoms in total. The van der Waals surface area contributed by atoms with Gasteiger partial charge in [0.05, 0.1) is 19.9 Å². The second kappa shape index (κ2) is 7.60. The zero-order valence-corrected chi connectivity index (χ0v) is 15.8. The third kappa shape index (κ3) is 3.51. The molecule has 2 aliphatic heterocycles. The highest BCUT2D eigenvalue weighted by Gasteiger charge is 2.32. The van der Waals surface area contributed by atoms with Gasteiger partial charge in [-0.2, -0.15) is 5.10 Å². The summed E-state index contributed by atoms with van der Waals surface area (Å²) in [6.07, 6.45) is 2.14. The lowest BCUT2D eigenvalue weighted by atomic mass is 9.92. The van der Waals surface area contributed by atoms with Crippen molar-refractivity contribution in [3.63, 3.8) is 0 Å². The number of fused-ring (bicyclic) bond motifs is 1. The van der Waals surface area contributed by atoms with Gasteiger partial charge in [-0.1, -0.05) is 0 Å². The summed E-state index contributed by atoms with van der Waals surface area (Å²) < 4.78 is 10.6. The van der Waals surface area contributed by atoms with Gasteiger partial charge in [-0.05, 0) is 62.0 Å². The number of nitrogens with one attached hydrogen (secondary N) is 2. The van der Waals surface area contributed by atoms with Crippen LogP contribution in [0.4, 0.5) is 0 Å². The predicted molar refractivity (Wildman–Crippen MR) is 102 cm³/mol. The smallest absolute Gasteiger partial charge is 0.271 e. The van der Waals surface area contributed by atoms with Crippen molar-refractivity contribution >= 4 is 5.91 Å². The number of methoxy groups -OCH3 is 2. The second-order valence-electron chi connectivity index (χ2n) is 7.28. The first-order valence-electron chi connectivity index (χ1n) is 9.47. The van der Waals surface area contributed by atoms with Crippen molar-refractivity contribution in [2.45, 2.75) is 12.8 Å². The van der Waals surface area contributed by atoms with Crippen LogP contribution in [0.3, 0.4) is 0 Å². The van der Waals surface area contributed by atoms with Gasteiger partial charge in [-0.25, -0.2) is 0 Å². The van der Waals surface area contributed by atoms with Crippen molar-refractivity contribution in [2.24, 2.45) is 11.8 Å². The number of hydrogen-bond acceptors (Lipinski definition) is 5. The average molecular weight is 370 g/mol. The molecule has 1 amide bonds. The first-order valence-corrected chi connectivity index (χ1v) is 9.47. The number of likely N-dealkylation sites (tertiary alicyclic amines) is 1. The fourth-order valence-electron chi connectivity index (χ4n) is 4.17. The summed E-state index contributed by atoms with van der Waals surface area (Å²) in [5.74, 6) is 2.73. The lowest BCUT2D eigenvalue weighted by molar-refractivity contribution is 0.0752. The molecule has 0 bridgehead atoms. The molecule has 2 N–H and O–H groups in total. The van der Waals surface area contributed by atoms with Crippen LogP contribution in [0.5, 0.6) is 11.5 Å². The molecule has 4 rings (SSSR count). The Kier molecular flexibility index (Phi) is 5.03. The van der Waals surface area contributed by atoms with Crippen molar-refractivity contribution in [3.05, 3.63) is 30.0 Å². The van der Waals surface area contributed by atoms with Gasteiger partial charge in [-0.15, -0.1) is 0 Å². The Balaban J connectivity index is 1.49. The summed E-state index contributed by atoms with van der Waals surface area (Å²) in [6.45, 7) is 3.79. The topological polar surface area (TPSA) is 79.5 Å². The molecule has 2 aromatic rings. The quantitative estimate of drug-likeness (QED) is 0.862. The molecule has 2 fully saturated rings. The summed E-state index contributed by atoms with van der Waals surface area (Å²) in [5.41, 5.74) is 2.12. The van der Waals surface area contributed by atoms with Crippen LogP contribution in [0.25, 0.3) is 11.3 Å². The Labute approximate surface area is 159 Å². The molecule has 0 radical (unpaired) electrons. The van der Waals surface area contributed by atoms with Crippen LogP contribution in [-0.2, 0) is 0 Å². The Morgan fingerprint density at radius 2 is 1.78 bits per heavy atom. The number of hydrogen-bond donors (Lipinski definition) is 2. The fraction of sp³-hybridized carbons (Fsp3) is 0.500. The molecule has 7 heteroatoms. The number of amides is 1. The summed E-state index contributed by atoms with van der Waals surface area (Å²) in [6, 6.07) is 7.43. The monoisotopic (exact) mass is 370 g/mol. The van der Waals surface area contributed by atoms with E-state index in [1.165, 1.54) is 0 Å². The highest BCUT2D eigenvalue weighted by molar-refractivity contribution is 5.93. The van der Waals surface area contributed by atoms with E-state index in [0.29, 0.717) is 29.0 Å². The van der Waals surface area contributed by atoms with Gasteiger partial charge in [0, 0.05) is 18.7 Å². The lowest BCUT2D eigenvalue weighted by Crippen LogP contribution is -2.33. The molecule has 2 atom stereocenters. The summed E-state index contributed by atoms with van der Waals surface area (Å²) in [4.78, 5) is 14.9. The maximum absolute atomic E-state index is 12.9. The lowest BCUT2D eigenvalue weighted by Gasteiger charge is -2.19. The molecule has 0 saturated carbocycles. The molecule has 0 spiro atoms. The first kappa shape index (κ1) is 17.9. The van der Waals surface area contributed by atoms with Crippen molar-refractivity contribution < 1.29 is 14.3 Å². The Hall–Kier alpha value is -2.54. The van der Waals surface area contributed by atoms with E-state index in [1.807, 2.05) is 29.2 Å². The van der Waals surface area contributed by atoms with Crippen LogP contribution < -0.4 is 14.8 Å². The number of H-pyrrole nitrogens is 1. The predicted octanol–water partition coefficient (Wildman–Crippen LogP) is 2.17. The van der Waals surface area contributed by atoms with Gasteiger partial charge in [0.15, 0.2) is 11.5 Å². The van der Waals surface area contributed by atoms with Gasteiger partial charge in [0.1, 0.15) is 5.69 Å². The van der Waals surface area contributed by atoms with Crippen LogP contribution in [-0.4, -0.2) is 61.4 Å². The normalized spacial score (nSPS) is 22.2. The molecule has 2 saturated heterocycles. The van der Waals surface area contributed by atoms with Crippen LogP contribution in [0.2, 0.25) is 0 Å². The van der Waals surface area contributed by atoms with Crippen LogP contribution >= 0.6 is 0 Å². The van der Waals surface area contributed by atoms with Crippen molar-refractivity contribution in [1.29, 1.82) is 0 Å². The van der Waals surface area contributed by atoms with E-state index in [9.17, 15) is 4.79 Å². The molecular formula is C20H26N4O3. The standard InChI is InChI=1S/C20H26N4O3/c1-26-18-4-3-13(9-19(18)27-2)16-10-17(23-22-16)20(25)24-7-5-14-11-21-12-15(14)6-8-24/h3-4,9-10,14-15,21H,5-8,11-12H2,1-2H3,(H,22,23)/t14-,15+. The zero-order chi connectivity index (χ0) is 18.8. The maximum Gasteiger partial charge on any atom is 0.271 e. The van der Waals surface area contributed by atoms with Crippen LogP contribution in [0, 0.1) is 11.8 Å². The summed E-state index contributed by atoms with van der Waals surface area (Å²) in [7, 11) is 3.21. The Morgan fingerprint density at radius 3 is 2.44 bits per heavy atom. The molecule has 27 heavy (non-hydrogen) atoms. The minimum absolute atomic E-state index is 0.0298. The number of aromatic nitrogens is 2. The zero-order valence-electron chi connectivity index (χ0n) is 15.8. The largest absolute Gasteiger partial charge is 0.493 e. The fourth-order valence-corrected chi connectivity index (χ4v) is 4.17. The minimum Gasteiger partial charge on any atom is -0.493 e. The van der Waals surface area contributed by atoms with Gasteiger partial charge in [0.25, 0.3) is 5.91 Å². The van der Waals surface area contributed by atoms with E-state index >= 15 is 0 Å². The van der Waals surface area contributed by atoms with Gasteiger partial charge >= 0.3 is 0 Å². The van der Waals surface area contributed by atoms with E-state index in [-0.39, 0.29) is 5.91 Å². The van der Waals surface area contributed by atoms with Crippen LogP contribution in [0.1, 0.15) is 23.3 Å². The molecule has 144 valence electrons. The number of rotatable bonds is 4. The molecular weight excluding hydrogens is 344 g/mol. The van der Waals surface area contributed by atoms with E-state index in [2.05, 4.69) is 15.5 Å². The number of aromatic amines is 1. The van der Waals surface area contributed by atoms with Gasteiger partial charge in [0.2, 0.25) is 0 Å². The summed E-state index contributed by atoms with van der Waals surface area (Å²) in [5, 5.41) is 10.7. The first-order chi connectivity index (χ1) is 13.2. The average Bonchev–Trinajstić information content (AvgIpc) is 3.33. The molecule has 1 aromatic carbocycles. The number of benzene rings is 1. The number of ether oxygens (including phenoxy) is 2. The van der Waals surface area contributed by atoms with Crippen molar-refractivity contribution in [3.8, 4) is 22.8 Å². The minimum atomic E-state index is 0.0298. The third-order valence-corrected chi connectivity index (χ3v) is 5.79. The molecule has 1 aromatic heterocycles. The van der Waals surface area contributed by atoms with E-state index in [1.54, 1.807) is 14.2 Å². The van der Waals surface area contributed by atoms with E-state index in [0.717, 1.165) is 50.3 Å². The molecule has 0 unspecified atom stereocenters. The molecule has 0 aliphatic carbocycles. The Morgan fingerprint density at radius 1 is 1.07 bits per heavy atom. The van der Waals surface area contributed by atoms with E-state index in [4.69, 9.17) is 9.47 Å². The van der Waals surface area contributed by atoms with Crippen molar-refractivity contribution in [1.82, 2.24) is 20.4 Å². The molecule has 2 aliphatic rings. The maximum atomic E-state index is 12.9.